The molecule has 0 spiro atoms. The molecule has 0 aliphatic heterocycles. The maximum Gasteiger partial charge on any atom is 0.123 e. The minimum Gasteiger partial charge on any atom is -0.207 e. The van der Waals surface area contributed by atoms with Crippen LogP contribution in [0.15, 0.2) is 72.8 Å². The Morgan fingerprint density at radius 2 is 0.958 bits per heavy atom. The fourth-order valence-corrected chi connectivity index (χ4v) is 3.37. The Morgan fingerprint density at radius 3 is 1.21 bits per heavy atom. The molecule has 0 unspecified atom stereocenters. The lowest BCUT2D eigenvalue weighted by Gasteiger charge is -2.35. The van der Waals surface area contributed by atoms with Crippen LogP contribution in [0.4, 0.5) is 13.2 Å². The molecular weight excluding hydrogens is 309 g/mol. The molecule has 0 N–H and O–H groups in total. The van der Waals surface area contributed by atoms with E-state index in [2.05, 4.69) is 0 Å². The number of hydrogen-bond donors (Lipinski definition) is 0. The predicted molar refractivity (Wildman–Crippen MR) is 89.4 cm³/mol. The van der Waals surface area contributed by atoms with E-state index >= 15 is 0 Å². The lowest BCUT2D eigenvalue weighted by molar-refractivity contribution is 0.558. The van der Waals surface area contributed by atoms with Crippen LogP contribution >= 0.6 is 0 Å². The normalized spacial score (nSPS) is 11.5. The highest BCUT2D eigenvalue weighted by Gasteiger charge is 2.35. The first kappa shape index (κ1) is 16.3. The van der Waals surface area contributed by atoms with E-state index in [1.54, 1.807) is 36.4 Å². The first-order chi connectivity index (χ1) is 11.6. The van der Waals surface area contributed by atoms with Gasteiger partial charge in [-0.1, -0.05) is 43.3 Å². The van der Waals surface area contributed by atoms with Crippen molar-refractivity contribution in [2.75, 3.05) is 0 Å². The predicted octanol–water partition coefficient (Wildman–Crippen LogP) is 5.85. The highest BCUT2D eigenvalue weighted by Crippen LogP contribution is 2.42. The topological polar surface area (TPSA) is 0 Å². The first-order valence-corrected chi connectivity index (χ1v) is 7.84. The Morgan fingerprint density at radius 1 is 0.625 bits per heavy atom. The second-order valence-electron chi connectivity index (χ2n) is 5.79. The van der Waals surface area contributed by atoms with Crippen LogP contribution in [0, 0.1) is 17.5 Å². The SMILES string of the molecule is CCC(c1cccc(F)c1)(c1cccc(F)c1)c1cccc(F)c1. The zero-order chi connectivity index (χ0) is 17.2. The highest BCUT2D eigenvalue weighted by atomic mass is 19.1. The average molecular weight is 326 g/mol. The van der Waals surface area contributed by atoms with Crippen molar-refractivity contribution in [1.82, 2.24) is 0 Å². The van der Waals surface area contributed by atoms with Crippen molar-refractivity contribution >= 4 is 0 Å². The molecule has 0 aliphatic rings. The third-order valence-corrected chi connectivity index (χ3v) is 4.48. The van der Waals surface area contributed by atoms with Crippen molar-refractivity contribution in [1.29, 1.82) is 0 Å². The number of hydrogen-bond acceptors (Lipinski definition) is 0. The Labute approximate surface area is 139 Å². The molecule has 24 heavy (non-hydrogen) atoms. The van der Waals surface area contributed by atoms with Crippen molar-refractivity contribution < 1.29 is 13.2 Å². The van der Waals surface area contributed by atoms with Gasteiger partial charge in [0.2, 0.25) is 0 Å². The summed E-state index contributed by atoms with van der Waals surface area (Å²) in [5, 5.41) is 0. The highest BCUT2D eigenvalue weighted by molar-refractivity contribution is 5.50. The molecule has 3 heteroatoms. The molecule has 0 radical (unpaired) electrons. The largest absolute Gasteiger partial charge is 0.207 e. The summed E-state index contributed by atoms with van der Waals surface area (Å²) in [5.74, 6) is -1.13. The molecule has 0 nitrogen and oxygen atoms in total. The summed E-state index contributed by atoms with van der Waals surface area (Å²) in [5.41, 5.74) is 1.18. The van der Waals surface area contributed by atoms with Crippen molar-refractivity contribution in [3.63, 3.8) is 0 Å². The summed E-state index contributed by atoms with van der Waals surface area (Å²) in [6, 6.07) is 18.6. The van der Waals surface area contributed by atoms with Crippen LogP contribution < -0.4 is 0 Å². The average Bonchev–Trinajstić information content (AvgIpc) is 2.56. The van der Waals surface area contributed by atoms with Gasteiger partial charge in [0.1, 0.15) is 17.5 Å². The minimum atomic E-state index is -0.827. The van der Waals surface area contributed by atoms with Crippen LogP contribution in [0.25, 0.3) is 0 Å². The summed E-state index contributed by atoms with van der Waals surface area (Å²) in [4.78, 5) is 0. The van der Waals surface area contributed by atoms with E-state index in [1.165, 1.54) is 36.4 Å². The monoisotopic (exact) mass is 326 g/mol. The minimum absolute atomic E-state index is 0.377. The molecule has 122 valence electrons. The van der Waals surface area contributed by atoms with Gasteiger partial charge >= 0.3 is 0 Å². The summed E-state index contributed by atoms with van der Waals surface area (Å²) < 4.78 is 41.6. The summed E-state index contributed by atoms with van der Waals surface area (Å²) in [7, 11) is 0. The third kappa shape index (κ3) is 2.82. The van der Waals surface area contributed by atoms with E-state index < -0.39 is 5.41 Å². The Kier molecular flexibility index (Phi) is 4.43. The van der Waals surface area contributed by atoms with E-state index in [-0.39, 0.29) is 17.5 Å². The standard InChI is InChI=1S/C21H17F3/c1-2-21(15-6-3-9-18(22)12-15,16-7-4-10-19(23)13-16)17-8-5-11-20(24)14-17/h3-14H,2H2,1H3. The van der Waals surface area contributed by atoms with E-state index in [0.29, 0.717) is 23.1 Å². The smallest absolute Gasteiger partial charge is 0.123 e. The zero-order valence-corrected chi connectivity index (χ0v) is 13.3. The van der Waals surface area contributed by atoms with Crippen LogP contribution in [-0.4, -0.2) is 0 Å². The molecule has 0 aromatic heterocycles. The zero-order valence-electron chi connectivity index (χ0n) is 13.3. The summed E-state index contributed by atoms with van der Waals surface area (Å²) >= 11 is 0. The quantitative estimate of drug-likeness (QED) is 0.528. The molecular formula is C21H17F3. The fourth-order valence-electron chi connectivity index (χ4n) is 3.37. The van der Waals surface area contributed by atoms with Crippen LogP contribution in [0.2, 0.25) is 0 Å². The van der Waals surface area contributed by atoms with Crippen LogP contribution in [-0.2, 0) is 5.41 Å². The molecule has 0 heterocycles. The first-order valence-electron chi connectivity index (χ1n) is 7.84. The van der Waals surface area contributed by atoms with Gasteiger partial charge in [0, 0.05) is 5.41 Å². The van der Waals surface area contributed by atoms with Gasteiger partial charge in [-0.15, -0.1) is 0 Å². The second-order valence-corrected chi connectivity index (χ2v) is 5.79. The van der Waals surface area contributed by atoms with Crippen molar-refractivity contribution in [2.24, 2.45) is 0 Å². The molecule has 0 aliphatic carbocycles. The molecule has 0 bridgehead atoms. The lowest BCUT2D eigenvalue weighted by atomic mass is 9.67. The maximum atomic E-state index is 13.9. The molecule has 0 fully saturated rings. The third-order valence-electron chi connectivity index (χ3n) is 4.48. The summed E-state index contributed by atoms with van der Waals surface area (Å²) in [6.07, 6.45) is 0.531. The van der Waals surface area contributed by atoms with Gasteiger partial charge in [-0.3, -0.25) is 0 Å². The van der Waals surface area contributed by atoms with Gasteiger partial charge in [0.15, 0.2) is 0 Å². The van der Waals surface area contributed by atoms with E-state index in [4.69, 9.17) is 0 Å². The number of benzene rings is 3. The molecule has 0 saturated carbocycles. The maximum absolute atomic E-state index is 13.9. The van der Waals surface area contributed by atoms with Gasteiger partial charge < -0.3 is 0 Å². The Balaban J connectivity index is 2.34. The van der Waals surface area contributed by atoms with Crippen LogP contribution in [0.5, 0.6) is 0 Å². The molecule has 0 atom stereocenters. The van der Waals surface area contributed by atoms with Crippen molar-refractivity contribution in [2.45, 2.75) is 18.8 Å². The number of rotatable bonds is 4. The molecule has 0 amide bonds. The molecule has 3 aromatic rings. The van der Waals surface area contributed by atoms with E-state index in [9.17, 15) is 13.2 Å². The van der Waals surface area contributed by atoms with Gasteiger partial charge in [-0.05, 0) is 59.5 Å². The lowest BCUT2D eigenvalue weighted by Crippen LogP contribution is -2.29. The molecule has 0 saturated heterocycles. The van der Waals surface area contributed by atoms with Crippen LogP contribution in [0.1, 0.15) is 30.0 Å². The molecule has 3 aromatic carbocycles. The van der Waals surface area contributed by atoms with Crippen LogP contribution in [0.3, 0.4) is 0 Å². The second kappa shape index (κ2) is 6.52. The van der Waals surface area contributed by atoms with Gasteiger partial charge in [0.05, 0.1) is 0 Å². The van der Waals surface area contributed by atoms with E-state index in [1.807, 2.05) is 6.92 Å². The van der Waals surface area contributed by atoms with E-state index in [0.717, 1.165) is 0 Å². The Hall–Kier alpha value is -2.55. The van der Waals surface area contributed by atoms with Gasteiger partial charge in [-0.25, -0.2) is 13.2 Å². The van der Waals surface area contributed by atoms with Gasteiger partial charge in [-0.2, -0.15) is 0 Å². The fraction of sp³-hybridized carbons (Fsp3) is 0.143. The summed E-state index contributed by atoms with van der Waals surface area (Å²) in [6.45, 7) is 1.93. The van der Waals surface area contributed by atoms with Crippen molar-refractivity contribution in [3.05, 3.63) is 107 Å². The van der Waals surface area contributed by atoms with Crippen molar-refractivity contribution in [3.8, 4) is 0 Å². The van der Waals surface area contributed by atoms with Gasteiger partial charge in [0.25, 0.3) is 0 Å². The number of halogens is 3. The molecule has 3 rings (SSSR count). The Bertz CT molecular complexity index is 744.